The van der Waals surface area contributed by atoms with Crippen molar-refractivity contribution in [1.82, 2.24) is 29.7 Å². The predicted molar refractivity (Wildman–Crippen MR) is 117 cm³/mol. The molecule has 1 atom stereocenters. The van der Waals surface area contributed by atoms with Crippen LogP contribution < -0.4 is 9.64 Å². The quantitative estimate of drug-likeness (QED) is 0.426. The second-order valence-electron chi connectivity index (χ2n) is 8.31. The van der Waals surface area contributed by atoms with Crippen molar-refractivity contribution in [3.05, 3.63) is 36.3 Å². The molecule has 32 heavy (non-hydrogen) atoms. The van der Waals surface area contributed by atoms with E-state index in [2.05, 4.69) is 37.0 Å². The number of rotatable bonds is 6. The Morgan fingerprint density at radius 3 is 2.72 bits per heavy atom. The van der Waals surface area contributed by atoms with E-state index < -0.39 is 5.82 Å². The number of halogens is 1. The molecule has 1 saturated heterocycles. The maximum absolute atomic E-state index is 14.0. The molecule has 4 aromatic heterocycles. The van der Waals surface area contributed by atoms with Gasteiger partial charge < -0.3 is 14.2 Å². The van der Waals surface area contributed by atoms with Gasteiger partial charge >= 0.3 is 6.01 Å². The van der Waals surface area contributed by atoms with Gasteiger partial charge in [-0.3, -0.25) is 4.98 Å². The Hall–Kier alpha value is -3.08. The van der Waals surface area contributed by atoms with Crippen LogP contribution in [-0.2, 0) is 0 Å². The van der Waals surface area contributed by atoms with Crippen molar-refractivity contribution >= 4 is 22.3 Å². The molecule has 9 nitrogen and oxygen atoms in total. The lowest BCUT2D eigenvalue weighted by molar-refractivity contribution is 0.130. The number of aromatic nitrogens is 6. The highest BCUT2D eigenvalue weighted by molar-refractivity contribution is 7.18. The van der Waals surface area contributed by atoms with Crippen molar-refractivity contribution in [3.8, 4) is 16.5 Å². The molecule has 0 amide bonds. The molecule has 11 heteroatoms. The van der Waals surface area contributed by atoms with E-state index in [9.17, 15) is 4.39 Å². The number of hydrogen-bond donors (Lipinski definition) is 0. The molecular formula is C21H24FN7O2S. The standard InChI is InChI=1S/C21H24FN7O2S/c1-12(2)18-25-19(31-27-18)28-8-5-14(6-9-28)13(3)30-21-26-29-11-17(24-20(29)32-21)15-4-7-23-10-16(15)22/h4,7,10-14H,5-6,8-9H2,1-3H3/t13-/m1/s1. The van der Waals surface area contributed by atoms with Crippen LogP contribution >= 0.6 is 11.3 Å². The Kier molecular flexibility index (Phi) is 5.50. The average molecular weight is 458 g/mol. The van der Waals surface area contributed by atoms with Crippen molar-refractivity contribution in [2.75, 3.05) is 18.0 Å². The van der Waals surface area contributed by atoms with Gasteiger partial charge in [0.1, 0.15) is 6.10 Å². The summed E-state index contributed by atoms with van der Waals surface area (Å²) in [6.07, 6.45) is 6.38. The average Bonchev–Trinajstić information content (AvgIpc) is 3.49. The van der Waals surface area contributed by atoms with Crippen molar-refractivity contribution in [2.45, 2.75) is 45.6 Å². The zero-order chi connectivity index (χ0) is 22.2. The van der Waals surface area contributed by atoms with Gasteiger partial charge in [-0.2, -0.15) is 4.98 Å². The van der Waals surface area contributed by atoms with Gasteiger partial charge in [0.15, 0.2) is 11.6 Å². The van der Waals surface area contributed by atoms with Crippen molar-refractivity contribution < 1.29 is 13.7 Å². The summed E-state index contributed by atoms with van der Waals surface area (Å²) in [5, 5.41) is 9.09. The zero-order valence-electron chi connectivity index (χ0n) is 18.1. The van der Waals surface area contributed by atoms with E-state index in [0.717, 1.165) is 31.8 Å². The molecule has 0 N–H and O–H groups in total. The van der Waals surface area contributed by atoms with Gasteiger partial charge in [-0.05, 0) is 43.1 Å². The predicted octanol–water partition coefficient (Wildman–Crippen LogP) is 4.18. The van der Waals surface area contributed by atoms with Gasteiger partial charge in [-0.15, -0.1) is 5.10 Å². The third kappa shape index (κ3) is 4.04. The van der Waals surface area contributed by atoms with Gasteiger partial charge in [-0.1, -0.05) is 19.0 Å². The van der Waals surface area contributed by atoms with Crippen LogP contribution in [0.15, 0.2) is 29.2 Å². The molecule has 1 aliphatic heterocycles. The molecule has 5 heterocycles. The molecule has 0 spiro atoms. The summed E-state index contributed by atoms with van der Waals surface area (Å²) in [4.78, 5) is 15.6. The number of fused-ring (bicyclic) bond motifs is 1. The molecule has 0 radical (unpaired) electrons. The molecule has 1 fully saturated rings. The second kappa shape index (κ2) is 8.45. The smallest absolute Gasteiger partial charge is 0.324 e. The third-order valence-electron chi connectivity index (χ3n) is 5.78. The number of ether oxygens (including phenoxy) is 1. The first kappa shape index (κ1) is 20.8. The van der Waals surface area contributed by atoms with E-state index in [1.807, 2.05) is 13.8 Å². The molecule has 0 saturated carbocycles. The van der Waals surface area contributed by atoms with Crippen LogP contribution in [-0.4, -0.2) is 48.9 Å². The maximum atomic E-state index is 14.0. The van der Waals surface area contributed by atoms with Crippen LogP contribution in [0.5, 0.6) is 5.19 Å². The lowest BCUT2D eigenvalue weighted by Crippen LogP contribution is -2.38. The maximum Gasteiger partial charge on any atom is 0.324 e. The highest BCUT2D eigenvalue weighted by Gasteiger charge is 2.28. The molecule has 0 aromatic carbocycles. The van der Waals surface area contributed by atoms with Crippen LogP contribution in [0.25, 0.3) is 16.2 Å². The topological polar surface area (TPSA) is 94.5 Å². The van der Waals surface area contributed by atoms with Crippen LogP contribution in [0.1, 0.15) is 45.4 Å². The fraction of sp³-hybridized carbons (Fsp3) is 0.476. The van der Waals surface area contributed by atoms with E-state index in [1.165, 1.54) is 17.5 Å². The number of imidazole rings is 1. The first-order chi connectivity index (χ1) is 15.5. The van der Waals surface area contributed by atoms with E-state index in [1.54, 1.807) is 23.0 Å². The fourth-order valence-electron chi connectivity index (χ4n) is 3.85. The summed E-state index contributed by atoms with van der Waals surface area (Å²) in [6.45, 7) is 7.87. The molecule has 0 aliphatic carbocycles. The monoisotopic (exact) mass is 457 g/mol. The van der Waals surface area contributed by atoms with Crippen LogP contribution in [0, 0.1) is 11.7 Å². The van der Waals surface area contributed by atoms with Gasteiger partial charge in [0.2, 0.25) is 4.96 Å². The summed E-state index contributed by atoms with van der Waals surface area (Å²) >= 11 is 1.35. The Balaban J connectivity index is 1.20. The highest BCUT2D eigenvalue weighted by atomic mass is 32.1. The summed E-state index contributed by atoms with van der Waals surface area (Å²) in [5.74, 6) is 0.979. The van der Waals surface area contributed by atoms with Crippen LogP contribution in [0.2, 0.25) is 0 Å². The summed E-state index contributed by atoms with van der Waals surface area (Å²) < 4.78 is 27.2. The van der Waals surface area contributed by atoms with Crippen molar-refractivity contribution in [3.63, 3.8) is 0 Å². The minimum absolute atomic E-state index is 0.0130. The Labute approximate surface area is 188 Å². The number of nitrogens with zero attached hydrogens (tertiary/aromatic N) is 7. The van der Waals surface area contributed by atoms with Crippen LogP contribution in [0.4, 0.5) is 10.4 Å². The molecular weight excluding hydrogens is 433 g/mol. The van der Waals surface area contributed by atoms with Gasteiger partial charge in [0.05, 0.1) is 18.1 Å². The van der Waals surface area contributed by atoms with Gasteiger partial charge in [0.25, 0.3) is 5.19 Å². The SMILES string of the molecule is CC(C)c1noc(N2CCC([C@@H](C)Oc3nn4cc(-c5ccncc5F)nc4s3)CC2)n1. The highest BCUT2D eigenvalue weighted by Crippen LogP contribution is 2.31. The molecule has 1 aliphatic rings. The third-order valence-corrected chi connectivity index (χ3v) is 6.59. The van der Waals surface area contributed by atoms with Crippen LogP contribution in [0.3, 0.4) is 0 Å². The van der Waals surface area contributed by atoms with Crippen molar-refractivity contribution in [1.29, 1.82) is 0 Å². The fourth-order valence-corrected chi connectivity index (χ4v) is 4.66. The van der Waals surface area contributed by atoms with E-state index >= 15 is 0 Å². The van der Waals surface area contributed by atoms with Gasteiger partial charge in [-0.25, -0.2) is 13.9 Å². The number of anilines is 1. The Bertz CT molecular complexity index is 1180. The molecule has 5 rings (SSSR count). The van der Waals surface area contributed by atoms with Gasteiger partial charge in [0, 0.05) is 30.8 Å². The first-order valence-corrected chi connectivity index (χ1v) is 11.5. The largest absolute Gasteiger partial charge is 0.466 e. The Morgan fingerprint density at radius 2 is 2.03 bits per heavy atom. The van der Waals surface area contributed by atoms with Crippen molar-refractivity contribution in [2.24, 2.45) is 5.92 Å². The molecule has 0 bridgehead atoms. The zero-order valence-corrected chi connectivity index (χ0v) is 18.9. The molecule has 4 aromatic rings. The number of piperidine rings is 1. The van der Waals surface area contributed by atoms with E-state index in [0.29, 0.717) is 33.3 Å². The Morgan fingerprint density at radius 1 is 1.22 bits per heavy atom. The van der Waals surface area contributed by atoms with E-state index in [-0.39, 0.29) is 12.0 Å². The molecule has 168 valence electrons. The summed E-state index contributed by atoms with van der Waals surface area (Å²) in [6, 6.07) is 2.20. The number of pyridine rings is 1. The summed E-state index contributed by atoms with van der Waals surface area (Å²) in [7, 11) is 0. The second-order valence-corrected chi connectivity index (χ2v) is 9.23. The van der Waals surface area contributed by atoms with E-state index in [4.69, 9.17) is 9.26 Å². The minimum Gasteiger partial charge on any atom is -0.466 e. The lowest BCUT2D eigenvalue weighted by atomic mass is 9.92. The first-order valence-electron chi connectivity index (χ1n) is 10.7. The summed E-state index contributed by atoms with van der Waals surface area (Å²) in [5.41, 5.74) is 0.930. The number of hydrogen-bond acceptors (Lipinski definition) is 9. The minimum atomic E-state index is -0.407. The normalized spacial score (nSPS) is 16.2. The molecule has 0 unspecified atom stereocenters. The lowest BCUT2D eigenvalue weighted by Gasteiger charge is -2.33.